The number of hydrogen-bond donors (Lipinski definition) is 1. The summed E-state index contributed by atoms with van der Waals surface area (Å²) in [5, 5.41) is 8.19. The van der Waals surface area contributed by atoms with E-state index in [9.17, 15) is 4.79 Å². The van der Waals surface area contributed by atoms with E-state index < -0.39 is 0 Å². The molecule has 1 aromatic carbocycles. The number of nitrogens with one attached hydrogen (secondary N) is 1. The molecule has 0 aliphatic heterocycles. The van der Waals surface area contributed by atoms with E-state index in [1.54, 1.807) is 12.4 Å². The van der Waals surface area contributed by atoms with Gasteiger partial charge in [0.1, 0.15) is 0 Å². The molecule has 5 nitrogen and oxygen atoms in total. The summed E-state index contributed by atoms with van der Waals surface area (Å²) in [5.74, 6) is 1.74. The molecule has 0 spiro atoms. The molecule has 6 heteroatoms. The Morgan fingerprint density at radius 1 is 1.23 bits per heavy atom. The number of pyridine rings is 1. The molecule has 0 fully saturated rings. The lowest BCUT2D eigenvalue weighted by molar-refractivity contribution is 0.0956. The van der Waals surface area contributed by atoms with Gasteiger partial charge >= 0.3 is 0 Å². The van der Waals surface area contributed by atoms with E-state index in [-0.39, 0.29) is 11.9 Å². The number of amides is 1. The third-order valence-corrected chi connectivity index (χ3v) is 5.14. The Balaban J connectivity index is 1.49. The molecule has 0 radical (unpaired) electrons. The number of fused-ring (bicyclic) bond motifs is 1. The Morgan fingerprint density at radius 3 is 2.73 bits per heavy atom. The number of carbonyl (C=O) groups is 1. The summed E-state index contributed by atoms with van der Waals surface area (Å²) in [7, 11) is 0. The molecule has 0 unspecified atom stereocenters. The van der Waals surface area contributed by atoms with Gasteiger partial charge in [-0.3, -0.25) is 4.79 Å². The Labute approximate surface area is 158 Å². The predicted molar refractivity (Wildman–Crippen MR) is 108 cm³/mol. The number of thioether (sulfide) groups is 1. The molecule has 0 saturated heterocycles. The van der Waals surface area contributed by atoms with Gasteiger partial charge in [-0.1, -0.05) is 29.8 Å². The number of rotatable bonds is 7. The highest BCUT2D eigenvalue weighted by atomic mass is 32.2. The average molecular weight is 369 g/mol. The van der Waals surface area contributed by atoms with Gasteiger partial charge in [0.2, 0.25) is 0 Å². The third kappa shape index (κ3) is 4.43. The molecule has 1 amide bonds. The zero-order chi connectivity index (χ0) is 18.5. The lowest BCUT2D eigenvalue weighted by Gasteiger charge is -2.07. The van der Waals surface area contributed by atoms with E-state index in [1.807, 2.05) is 22.5 Å². The summed E-state index contributed by atoms with van der Waals surface area (Å²) >= 11 is 1.81. The van der Waals surface area contributed by atoms with Crippen LogP contribution < -0.4 is 5.32 Å². The van der Waals surface area contributed by atoms with Crippen LogP contribution in [-0.4, -0.2) is 33.0 Å². The first-order valence-corrected chi connectivity index (χ1v) is 9.95. The molecule has 0 saturated carbocycles. The summed E-state index contributed by atoms with van der Waals surface area (Å²) in [6, 6.07) is 10.6. The first-order valence-electron chi connectivity index (χ1n) is 8.79. The van der Waals surface area contributed by atoms with Gasteiger partial charge in [0, 0.05) is 35.7 Å². The van der Waals surface area contributed by atoms with Crippen molar-refractivity contribution in [2.24, 2.45) is 0 Å². The van der Waals surface area contributed by atoms with Crippen LogP contribution in [0.3, 0.4) is 0 Å². The molecule has 0 atom stereocenters. The fraction of sp³-hybridized carbons (Fsp3) is 0.350. The number of hydrogen-bond acceptors (Lipinski definition) is 4. The molecule has 3 rings (SSSR count). The Morgan fingerprint density at radius 2 is 2.00 bits per heavy atom. The first kappa shape index (κ1) is 18.5. The molecule has 2 aromatic heterocycles. The second-order valence-corrected chi connectivity index (χ2v) is 7.72. The number of aromatic nitrogens is 3. The van der Waals surface area contributed by atoms with Gasteiger partial charge in [0.25, 0.3) is 5.91 Å². The maximum Gasteiger partial charge on any atom is 0.252 e. The van der Waals surface area contributed by atoms with Crippen molar-refractivity contribution in [3.8, 4) is 0 Å². The van der Waals surface area contributed by atoms with Gasteiger partial charge in [-0.25, -0.2) is 9.67 Å². The predicted octanol–water partition coefficient (Wildman–Crippen LogP) is 3.98. The monoisotopic (exact) mass is 368 g/mol. The van der Waals surface area contributed by atoms with Crippen LogP contribution >= 0.6 is 11.8 Å². The molecule has 2 heterocycles. The van der Waals surface area contributed by atoms with Crippen molar-refractivity contribution in [1.82, 2.24) is 20.1 Å². The van der Waals surface area contributed by atoms with E-state index in [4.69, 9.17) is 0 Å². The normalized spacial score (nSPS) is 11.2. The van der Waals surface area contributed by atoms with Crippen molar-refractivity contribution in [2.75, 3.05) is 12.3 Å². The summed E-state index contributed by atoms with van der Waals surface area (Å²) in [4.78, 5) is 16.7. The topological polar surface area (TPSA) is 59.8 Å². The maximum atomic E-state index is 12.3. The second-order valence-electron chi connectivity index (χ2n) is 6.61. The van der Waals surface area contributed by atoms with Crippen LogP contribution in [0.25, 0.3) is 11.0 Å². The first-order chi connectivity index (χ1) is 12.5. The lowest BCUT2D eigenvalue weighted by atomic mass is 10.2. The SMILES string of the molecule is Cc1ccc(CSCCNC(=O)c2cnc3c(cnn3C(C)C)c2)cc1. The van der Waals surface area contributed by atoms with Crippen molar-refractivity contribution in [3.05, 3.63) is 59.4 Å². The Hall–Kier alpha value is -2.34. The highest BCUT2D eigenvalue weighted by Crippen LogP contribution is 2.17. The van der Waals surface area contributed by atoms with Gasteiger partial charge < -0.3 is 5.32 Å². The second kappa shape index (κ2) is 8.36. The number of aryl methyl sites for hydroxylation is 1. The summed E-state index contributed by atoms with van der Waals surface area (Å²) in [6.45, 7) is 6.84. The zero-order valence-corrected chi connectivity index (χ0v) is 16.2. The van der Waals surface area contributed by atoms with Crippen LogP contribution in [0.2, 0.25) is 0 Å². The van der Waals surface area contributed by atoms with Crippen LogP contribution in [0, 0.1) is 6.92 Å². The van der Waals surface area contributed by atoms with Gasteiger partial charge in [-0.05, 0) is 32.4 Å². The fourth-order valence-corrected chi connectivity index (χ4v) is 3.47. The highest BCUT2D eigenvalue weighted by molar-refractivity contribution is 7.98. The van der Waals surface area contributed by atoms with Crippen molar-refractivity contribution in [2.45, 2.75) is 32.6 Å². The molecule has 0 aliphatic carbocycles. The van der Waals surface area contributed by atoms with Gasteiger partial charge in [-0.2, -0.15) is 16.9 Å². The summed E-state index contributed by atoms with van der Waals surface area (Å²) in [5.41, 5.74) is 3.97. The zero-order valence-electron chi connectivity index (χ0n) is 15.4. The van der Waals surface area contributed by atoms with E-state index in [1.165, 1.54) is 11.1 Å². The molecular weight excluding hydrogens is 344 g/mol. The minimum atomic E-state index is -0.0902. The van der Waals surface area contributed by atoms with Crippen molar-refractivity contribution in [3.63, 3.8) is 0 Å². The highest BCUT2D eigenvalue weighted by Gasteiger charge is 2.11. The molecular formula is C20H24N4OS. The van der Waals surface area contributed by atoms with Crippen LogP contribution in [-0.2, 0) is 5.75 Å². The molecule has 26 heavy (non-hydrogen) atoms. The quantitative estimate of drug-likeness (QED) is 0.641. The smallest absolute Gasteiger partial charge is 0.252 e. The van der Waals surface area contributed by atoms with Gasteiger partial charge in [0.15, 0.2) is 5.65 Å². The Kier molecular flexibility index (Phi) is 5.93. The minimum absolute atomic E-state index is 0.0902. The van der Waals surface area contributed by atoms with Gasteiger partial charge in [0.05, 0.1) is 11.8 Å². The molecule has 0 aliphatic rings. The average Bonchev–Trinajstić information content (AvgIpc) is 3.06. The fourth-order valence-electron chi connectivity index (χ4n) is 2.66. The third-order valence-electron chi connectivity index (χ3n) is 4.11. The van der Waals surface area contributed by atoms with E-state index in [0.717, 1.165) is 22.5 Å². The minimum Gasteiger partial charge on any atom is -0.351 e. The standard InChI is InChI=1S/C20H24N4OS/c1-14(2)24-19-17(12-23-24)10-18(11-22-19)20(25)21-8-9-26-13-16-6-4-15(3)5-7-16/h4-7,10-12,14H,8-9,13H2,1-3H3,(H,21,25). The summed E-state index contributed by atoms with van der Waals surface area (Å²) < 4.78 is 1.86. The van der Waals surface area contributed by atoms with Crippen molar-refractivity contribution < 1.29 is 4.79 Å². The van der Waals surface area contributed by atoms with Crippen LogP contribution in [0.1, 0.15) is 41.4 Å². The number of benzene rings is 1. The number of carbonyl (C=O) groups excluding carboxylic acids is 1. The van der Waals surface area contributed by atoms with Gasteiger partial charge in [-0.15, -0.1) is 0 Å². The van der Waals surface area contributed by atoms with E-state index in [2.05, 4.69) is 60.4 Å². The van der Waals surface area contributed by atoms with E-state index >= 15 is 0 Å². The lowest BCUT2D eigenvalue weighted by Crippen LogP contribution is -2.25. The molecule has 136 valence electrons. The largest absolute Gasteiger partial charge is 0.351 e. The van der Waals surface area contributed by atoms with E-state index in [0.29, 0.717) is 12.1 Å². The summed E-state index contributed by atoms with van der Waals surface area (Å²) in [6.07, 6.45) is 3.38. The number of nitrogens with zero attached hydrogens (tertiary/aromatic N) is 3. The Bertz CT molecular complexity index is 886. The van der Waals surface area contributed by atoms with Crippen LogP contribution in [0.5, 0.6) is 0 Å². The van der Waals surface area contributed by atoms with Crippen molar-refractivity contribution in [1.29, 1.82) is 0 Å². The van der Waals surface area contributed by atoms with Crippen LogP contribution in [0.4, 0.5) is 0 Å². The van der Waals surface area contributed by atoms with Crippen LogP contribution in [0.15, 0.2) is 42.7 Å². The molecule has 3 aromatic rings. The molecule has 0 bridgehead atoms. The van der Waals surface area contributed by atoms with Crippen molar-refractivity contribution >= 4 is 28.7 Å². The maximum absolute atomic E-state index is 12.3. The molecule has 1 N–H and O–H groups in total.